The fraction of sp³-hybridized carbons (Fsp3) is 0.471. The minimum absolute atomic E-state index is 0.0214. The predicted molar refractivity (Wildman–Crippen MR) is 91.4 cm³/mol. The number of carboxylic acid groups (broad SMARTS) is 1. The van der Waals surface area contributed by atoms with Gasteiger partial charge in [-0.3, -0.25) is 25.4 Å². The number of carbonyl (C=O) groups excluding carboxylic acids is 1. The van der Waals surface area contributed by atoms with Gasteiger partial charge in [0.05, 0.1) is 12.1 Å². The Bertz CT molecular complexity index is 541. The van der Waals surface area contributed by atoms with E-state index in [0.717, 1.165) is 5.69 Å². The summed E-state index contributed by atoms with van der Waals surface area (Å²) in [5, 5.41) is 8.72. The quantitative estimate of drug-likeness (QED) is 0.482. The number of hydrogen-bond acceptors (Lipinski definition) is 4. The lowest BCUT2D eigenvalue weighted by Crippen LogP contribution is -2.38. The van der Waals surface area contributed by atoms with Crippen LogP contribution in [0.1, 0.15) is 40.0 Å². The Balaban J connectivity index is 2.66. The maximum atomic E-state index is 12.3. The number of carbonyl (C=O) groups is 2. The van der Waals surface area contributed by atoms with E-state index in [1.165, 1.54) is 0 Å². The summed E-state index contributed by atoms with van der Waals surface area (Å²) in [6.07, 6.45) is 0.976. The molecule has 0 saturated heterocycles. The van der Waals surface area contributed by atoms with Gasteiger partial charge in [0.1, 0.15) is 6.04 Å². The van der Waals surface area contributed by atoms with E-state index in [-0.39, 0.29) is 12.3 Å². The minimum Gasteiger partial charge on any atom is -0.481 e. The van der Waals surface area contributed by atoms with Crippen LogP contribution in [0.25, 0.3) is 0 Å². The Morgan fingerprint density at radius 2 is 1.83 bits per heavy atom. The third kappa shape index (κ3) is 7.99. The lowest BCUT2D eigenvalue weighted by atomic mass is 10.0. The molecule has 1 atom stereocenters. The Morgan fingerprint density at radius 1 is 1.17 bits per heavy atom. The highest BCUT2D eigenvalue weighted by Gasteiger charge is 2.19. The van der Waals surface area contributed by atoms with Crippen LogP contribution < -0.4 is 10.9 Å². The monoisotopic (exact) mass is 319 g/mol. The van der Waals surface area contributed by atoms with Crippen LogP contribution in [0.15, 0.2) is 35.3 Å². The van der Waals surface area contributed by atoms with E-state index in [1.807, 2.05) is 44.2 Å². The first-order chi connectivity index (χ1) is 10.9. The van der Waals surface area contributed by atoms with Crippen LogP contribution in [-0.2, 0) is 9.59 Å². The molecule has 126 valence electrons. The van der Waals surface area contributed by atoms with E-state index in [0.29, 0.717) is 24.5 Å². The SMILES string of the molecule is CC(CCC(=O)O)=N[C@@H](CC(C)C)C(=O)NNc1ccccc1. The number of aliphatic imine (C=N–C) groups is 1. The molecule has 0 aliphatic heterocycles. The number of rotatable bonds is 9. The number of hydrogen-bond donors (Lipinski definition) is 3. The normalized spacial score (nSPS) is 12.8. The zero-order valence-electron chi connectivity index (χ0n) is 13.9. The van der Waals surface area contributed by atoms with Crippen molar-refractivity contribution in [2.45, 2.75) is 46.1 Å². The summed E-state index contributed by atoms with van der Waals surface area (Å²) in [6, 6.07) is 8.80. The fourth-order valence-electron chi connectivity index (χ4n) is 2.02. The van der Waals surface area contributed by atoms with E-state index < -0.39 is 12.0 Å². The van der Waals surface area contributed by atoms with Crippen molar-refractivity contribution in [2.75, 3.05) is 5.43 Å². The van der Waals surface area contributed by atoms with Crippen LogP contribution in [-0.4, -0.2) is 28.7 Å². The topological polar surface area (TPSA) is 90.8 Å². The number of amides is 1. The molecule has 0 heterocycles. The van der Waals surface area contributed by atoms with Crippen LogP contribution >= 0.6 is 0 Å². The van der Waals surface area contributed by atoms with E-state index in [2.05, 4.69) is 15.8 Å². The average molecular weight is 319 g/mol. The number of para-hydroxylation sites is 1. The molecule has 0 fully saturated rings. The molecule has 6 nitrogen and oxygen atoms in total. The molecule has 0 radical (unpaired) electrons. The lowest BCUT2D eigenvalue weighted by molar-refractivity contribution is -0.136. The first kappa shape index (κ1) is 18.7. The van der Waals surface area contributed by atoms with Crippen LogP contribution in [0, 0.1) is 5.92 Å². The van der Waals surface area contributed by atoms with Gasteiger partial charge in [-0.1, -0.05) is 32.0 Å². The van der Waals surface area contributed by atoms with Gasteiger partial charge in [-0.25, -0.2) is 0 Å². The van der Waals surface area contributed by atoms with Gasteiger partial charge < -0.3 is 5.11 Å². The van der Waals surface area contributed by atoms with Gasteiger partial charge in [0, 0.05) is 5.71 Å². The number of nitrogens with zero attached hydrogens (tertiary/aromatic N) is 1. The first-order valence-electron chi connectivity index (χ1n) is 7.74. The van der Waals surface area contributed by atoms with Crippen LogP contribution in [0.3, 0.4) is 0 Å². The summed E-state index contributed by atoms with van der Waals surface area (Å²) < 4.78 is 0. The molecule has 0 aliphatic rings. The van der Waals surface area contributed by atoms with Gasteiger partial charge >= 0.3 is 5.97 Å². The smallest absolute Gasteiger partial charge is 0.303 e. The van der Waals surface area contributed by atoms with Crippen molar-refractivity contribution in [1.82, 2.24) is 5.43 Å². The van der Waals surface area contributed by atoms with Gasteiger partial charge in [0.2, 0.25) is 0 Å². The van der Waals surface area contributed by atoms with E-state index in [4.69, 9.17) is 5.11 Å². The van der Waals surface area contributed by atoms with Gasteiger partial charge in [-0.15, -0.1) is 0 Å². The van der Waals surface area contributed by atoms with E-state index in [1.54, 1.807) is 6.92 Å². The molecule has 0 aromatic heterocycles. The van der Waals surface area contributed by atoms with Crippen LogP contribution in [0.2, 0.25) is 0 Å². The van der Waals surface area contributed by atoms with Crippen molar-refractivity contribution in [3.05, 3.63) is 30.3 Å². The van der Waals surface area contributed by atoms with Crippen molar-refractivity contribution in [1.29, 1.82) is 0 Å². The standard InChI is InChI=1S/C17H25N3O3/c1-12(2)11-15(18-13(3)9-10-16(21)22)17(23)20-19-14-7-5-4-6-8-14/h4-8,12,15,19H,9-11H2,1-3H3,(H,20,23)(H,21,22)/t15-/m0/s1. The molecule has 0 unspecified atom stereocenters. The van der Waals surface area contributed by atoms with E-state index >= 15 is 0 Å². The summed E-state index contributed by atoms with van der Waals surface area (Å²) in [5.74, 6) is -0.786. The number of anilines is 1. The Labute approximate surface area is 137 Å². The van der Waals surface area contributed by atoms with Crippen molar-refractivity contribution in [2.24, 2.45) is 10.9 Å². The minimum atomic E-state index is -0.866. The summed E-state index contributed by atoms with van der Waals surface area (Å²) in [7, 11) is 0. The van der Waals surface area contributed by atoms with Crippen LogP contribution in [0.4, 0.5) is 5.69 Å². The molecule has 0 aliphatic carbocycles. The molecular formula is C17H25N3O3. The predicted octanol–water partition coefficient (Wildman–Crippen LogP) is 2.87. The van der Waals surface area contributed by atoms with Crippen molar-refractivity contribution in [3.8, 4) is 0 Å². The number of hydrazine groups is 1. The van der Waals surface area contributed by atoms with Gasteiger partial charge in [0.25, 0.3) is 5.91 Å². The number of aliphatic carboxylic acids is 1. The Morgan fingerprint density at radius 3 is 2.39 bits per heavy atom. The molecular weight excluding hydrogens is 294 g/mol. The second kappa shape index (κ2) is 9.61. The Kier molecular flexibility index (Phi) is 7.80. The summed E-state index contributed by atoms with van der Waals surface area (Å²) >= 11 is 0. The summed E-state index contributed by atoms with van der Waals surface area (Å²) in [4.78, 5) is 27.3. The number of nitrogens with one attached hydrogen (secondary N) is 2. The van der Waals surface area contributed by atoms with Gasteiger partial charge in [-0.05, 0) is 37.8 Å². The van der Waals surface area contributed by atoms with Crippen LogP contribution in [0.5, 0.6) is 0 Å². The molecule has 1 aromatic rings. The average Bonchev–Trinajstić information content (AvgIpc) is 2.50. The molecule has 0 bridgehead atoms. The molecule has 1 amide bonds. The van der Waals surface area contributed by atoms with Crippen molar-refractivity contribution < 1.29 is 14.7 Å². The van der Waals surface area contributed by atoms with Crippen molar-refractivity contribution >= 4 is 23.3 Å². The molecule has 0 spiro atoms. The zero-order valence-corrected chi connectivity index (χ0v) is 13.9. The number of benzene rings is 1. The van der Waals surface area contributed by atoms with Gasteiger partial charge in [0.15, 0.2) is 0 Å². The third-order valence-corrected chi connectivity index (χ3v) is 3.18. The Hall–Kier alpha value is -2.37. The molecule has 1 aromatic carbocycles. The summed E-state index contributed by atoms with van der Waals surface area (Å²) in [5.41, 5.74) is 6.98. The van der Waals surface area contributed by atoms with Gasteiger partial charge in [-0.2, -0.15) is 0 Å². The molecule has 0 saturated carbocycles. The molecule has 6 heteroatoms. The fourth-order valence-corrected chi connectivity index (χ4v) is 2.02. The first-order valence-corrected chi connectivity index (χ1v) is 7.74. The highest BCUT2D eigenvalue weighted by atomic mass is 16.4. The van der Waals surface area contributed by atoms with Crippen molar-refractivity contribution in [3.63, 3.8) is 0 Å². The number of carboxylic acids is 1. The molecule has 1 rings (SSSR count). The largest absolute Gasteiger partial charge is 0.481 e. The third-order valence-electron chi connectivity index (χ3n) is 3.18. The second-order valence-corrected chi connectivity index (χ2v) is 5.88. The lowest BCUT2D eigenvalue weighted by Gasteiger charge is -2.17. The molecule has 3 N–H and O–H groups in total. The second-order valence-electron chi connectivity index (χ2n) is 5.88. The maximum Gasteiger partial charge on any atom is 0.303 e. The zero-order chi connectivity index (χ0) is 17.2. The highest BCUT2D eigenvalue weighted by molar-refractivity contribution is 5.90. The van der Waals surface area contributed by atoms with E-state index in [9.17, 15) is 9.59 Å². The highest BCUT2D eigenvalue weighted by Crippen LogP contribution is 2.11. The molecule has 23 heavy (non-hydrogen) atoms. The maximum absolute atomic E-state index is 12.3. The summed E-state index contributed by atoms with van der Waals surface area (Å²) in [6.45, 7) is 5.80.